The number of benzene rings is 2. The fraction of sp³-hybridized carbons (Fsp3) is 0.105. The number of hydrogen-bond acceptors (Lipinski definition) is 4. The molecule has 3 amide bonds. The van der Waals surface area contributed by atoms with E-state index in [4.69, 9.17) is 4.74 Å². The third-order valence-corrected chi connectivity index (χ3v) is 4.45. The summed E-state index contributed by atoms with van der Waals surface area (Å²) in [6.45, 7) is 0. The maximum atomic E-state index is 12.2. The summed E-state index contributed by atoms with van der Waals surface area (Å²) >= 11 is 3.47. The molecule has 0 aliphatic carbocycles. The van der Waals surface area contributed by atoms with Crippen LogP contribution in [-0.4, -0.2) is 28.8 Å². The number of amides is 3. The summed E-state index contributed by atoms with van der Waals surface area (Å²) in [4.78, 5) is 24.3. The molecule has 8 heteroatoms. The maximum absolute atomic E-state index is 12.2. The van der Waals surface area contributed by atoms with E-state index in [0.717, 1.165) is 15.7 Å². The van der Waals surface area contributed by atoms with Crippen LogP contribution in [0.25, 0.3) is 11.3 Å². The van der Waals surface area contributed by atoms with Crippen LogP contribution in [0.15, 0.2) is 59.2 Å². The van der Waals surface area contributed by atoms with Gasteiger partial charge in [-0.05, 0) is 46.3 Å². The van der Waals surface area contributed by atoms with E-state index in [1.165, 1.54) is 0 Å². The van der Waals surface area contributed by atoms with Crippen molar-refractivity contribution in [2.45, 2.75) is 0 Å². The van der Waals surface area contributed by atoms with Crippen molar-refractivity contribution in [1.29, 1.82) is 0 Å². The molecule has 3 rings (SSSR count). The lowest BCUT2D eigenvalue weighted by molar-refractivity contribution is 0.0967. The number of urea groups is 1. The zero-order valence-electron chi connectivity index (χ0n) is 14.7. The van der Waals surface area contributed by atoms with Crippen LogP contribution in [0.2, 0.25) is 0 Å². The van der Waals surface area contributed by atoms with Crippen LogP contribution in [0.5, 0.6) is 5.75 Å². The number of imide groups is 1. The number of halogens is 1. The molecular weight excluding hydrogens is 412 g/mol. The average molecular weight is 429 g/mol. The van der Waals surface area contributed by atoms with Gasteiger partial charge in [0.1, 0.15) is 5.75 Å². The Hall–Kier alpha value is -3.13. The molecule has 0 aliphatic heterocycles. The molecule has 27 heavy (non-hydrogen) atoms. The third-order valence-electron chi connectivity index (χ3n) is 3.87. The van der Waals surface area contributed by atoms with Gasteiger partial charge in [-0.15, -0.1) is 0 Å². The lowest BCUT2D eigenvalue weighted by Gasteiger charge is -2.13. The van der Waals surface area contributed by atoms with Gasteiger partial charge in [-0.25, -0.2) is 4.79 Å². The number of methoxy groups -OCH3 is 1. The first-order valence-corrected chi connectivity index (χ1v) is 8.82. The number of rotatable bonds is 4. The van der Waals surface area contributed by atoms with Crippen LogP contribution in [0.4, 0.5) is 10.5 Å². The standard InChI is InChI=1S/C19H17BrN4O3/c1-24-17(15(20)11-21-24)14-10-13(8-9-16(14)27-2)22-19(26)23-18(25)12-6-4-3-5-7-12/h3-11H,1-2H3,(H2,22,23,25,26). The lowest BCUT2D eigenvalue weighted by atomic mass is 10.1. The fourth-order valence-electron chi connectivity index (χ4n) is 2.61. The highest BCUT2D eigenvalue weighted by atomic mass is 79.9. The summed E-state index contributed by atoms with van der Waals surface area (Å²) < 4.78 is 7.91. The Bertz CT molecular complexity index is 966. The van der Waals surface area contributed by atoms with Gasteiger partial charge >= 0.3 is 6.03 Å². The predicted octanol–water partition coefficient (Wildman–Crippen LogP) is 3.82. The Labute approximate surface area is 164 Å². The third kappa shape index (κ3) is 4.17. The van der Waals surface area contributed by atoms with Gasteiger partial charge in [0.15, 0.2) is 0 Å². The van der Waals surface area contributed by atoms with Gasteiger partial charge in [-0.1, -0.05) is 18.2 Å². The van der Waals surface area contributed by atoms with Crippen molar-refractivity contribution in [3.8, 4) is 17.0 Å². The zero-order valence-corrected chi connectivity index (χ0v) is 16.3. The molecule has 2 aromatic carbocycles. The van der Waals surface area contributed by atoms with E-state index in [9.17, 15) is 9.59 Å². The van der Waals surface area contributed by atoms with Crippen LogP contribution in [0.3, 0.4) is 0 Å². The van der Waals surface area contributed by atoms with Crippen molar-refractivity contribution in [2.75, 3.05) is 12.4 Å². The summed E-state index contributed by atoms with van der Waals surface area (Å²) in [5.41, 5.74) is 2.46. The van der Waals surface area contributed by atoms with Crippen molar-refractivity contribution >= 4 is 33.6 Å². The molecule has 0 aliphatic rings. The second kappa shape index (κ2) is 8.05. The minimum atomic E-state index is -0.621. The quantitative estimate of drug-likeness (QED) is 0.661. The van der Waals surface area contributed by atoms with Crippen molar-refractivity contribution < 1.29 is 14.3 Å². The molecule has 7 nitrogen and oxygen atoms in total. The fourth-order valence-corrected chi connectivity index (χ4v) is 3.17. The van der Waals surface area contributed by atoms with E-state index < -0.39 is 11.9 Å². The first-order chi connectivity index (χ1) is 13.0. The van der Waals surface area contributed by atoms with Crippen LogP contribution in [-0.2, 0) is 7.05 Å². The SMILES string of the molecule is COc1ccc(NC(=O)NC(=O)c2ccccc2)cc1-c1c(Br)cnn1C. The van der Waals surface area contributed by atoms with Crippen LogP contribution in [0.1, 0.15) is 10.4 Å². The van der Waals surface area contributed by atoms with Crippen LogP contribution >= 0.6 is 15.9 Å². The van der Waals surface area contributed by atoms with E-state index >= 15 is 0 Å². The normalized spacial score (nSPS) is 10.3. The Morgan fingerprint density at radius 3 is 2.52 bits per heavy atom. The smallest absolute Gasteiger partial charge is 0.326 e. The molecule has 0 saturated heterocycles. The van der Waals surface area contributed by atoms with Crippen LogP contribution in [0, 0.1) is 0 Å². The first-order valence-electron chi connectivity index (χ1n) is 8.03. The summed E-state index contributed by atoms with van der Waals surface area (Å²) in [6.07, 6.45) is 1.68. The molecule has 0 radical (unpaired) electrons. The number of anilines is 1. The largest absolute Gasteiger partial charge is 0.496 e. The highest BCUT2D eigenvalue weighted by Crippen LogP contribution is 2.36. The minimum absolute atomic E-state index is 0.405. The Balaban J connectivity index is 1.80. The van der Waals surface area contributed by atoms with Gasteiger partial charge in [0.2, 0.25) is 0 Å². The second-order valence-electron chi connectivity index (χ2n) is 5.65. The average Bonchev–Trinajstić information content (AvgIpc) is 3.00. The second-order valence-corrected chi connectivity index (χ2v) is 6.51. The molecule has 3 aromatic rings. The molecule has 1 aromatic heterocycles. The van der Waals surface area contributed by atoms with Crippen LogP contribution < -0.4 is 15.4 Å². The Morgan fingerprint density at radius 1 is 1.15 bits per heavy atom. The number of nitrogens with one attached hydrogen (secondary N) is 2. The highest BCUT2D eigenvalue weighted by molar-refractivity contribution is 9.10. The lowest BCUT2D eigenvalue weighted by Crippen LogP contribution is -2.34. The number of aryl methyl sites for hydroxylation is 1. The molecule has 1 heterocycles. The van der Waals surface area contributed by atoms with E-state index in [1.807, 2.05) is 7.05 Å². The highest BCUT2D eigenvalue weighted by Gasteiger charge is 2.16. The zero-order chi connectivity index (χ0) is 19.4. The maximum Gasteiger partial charge on any atom is 0.326 e. The molecule has 0 spiro atoms. The molecule has 0 atom stereocenters. The van der Waals surface area contributed by atoms with E-state index in [-0.39, 0.29) is 0 Å². The topological polar surface area (TPSA) is 85.2 Å². The van der Waals surface area contributed by atoms with Gasteiger partial charge in [0.05, 0.1) is 23.5 Å². The number of aromatic nitrogens is 2. The van der Waals surface area contributed by atoms with Gasteiger partial charge < -0.3 is 10.1 Å². The van der Waals surface area contributed by atoms with Gasteiger partial charge in [0.25, 0.3) is 5.91 Å². The van der Waals surface area contributed by atoms with E-state index in [0.29, 0.717) is 17.0 Å². The molecule has 0 unspecified atom stereocenters. The molecule has 138 valence electrons. The van der Waals surface area contributed by atoms with Crippen molar-refractivity contribution in [3.05, 3.63) is 64.8 Å². The summed E-state index contributed by atoms with van der Waals surface area (Å²) in [5, 5.41) is 9.17. The summed E-state index contributed by atoms with van der Waals surface area (Å²) in [7, 11) is 3.38. The molecule has 0 fully saturated rings. The summed E-state index contributed by atoms with van der Waals surface area (Å²) in [6, 6.07) is 13.1. The predicted molar refractivity (Wildman–Crippen MR) is 106 cm³/mol. The Kier molecular flexibility index (Phi) is 5.56. The number of nitrogens with zero attached hydrogens (tertiary/aromatic N) is 2. The minimum Gasteiger partial charge on any atom is -0.496 e. The van der Waals surface area contributed by atoms with Crippen molar-refractivity contribution in [3.63, 3.8) is 0 Å². The molecule has 0 bridgehead atoms. The summed E-state index contributed by atoms with van der Waals surface area (Å²) in [5.74, 6) is 0.154. The number of carbonyl (C=O) groups excluding carboxylic acids is 2. The van der Waals surface area contributed by atoms with E-state index in [1.54, 1.807) is 66.5 Å². The van der Waals surface area contributed by atoms with Crippen molar-refractivity contribution in [1.82, 2.24) is 15.1 Å². The monoisotopic (exact) mass is 428 g/mol. The number of ether oxygens (including phenoxy) is 1. The van der Waals surface area contributed by atoms with E-state index in [2.05, 4.69) is 31.7 Å². The van der Waals surface area contributed by atoms with Gasteiger partial charge in [0, 0.05) is 23.9 Å². The molecule has 2 N–H and O–H groups in total. The molecule has 0 saturated carbocycles. The van der Waals surface area contributed by atoms with Gasteiger partial charge in [-0.3, -0.25) is 14.8 Å². The van der Waals surface area contributed by atoms with Gasteiger partial charge in [-0.2, -0.15) is 5.10 Å². The first kappa shape index (κ1) is 18.7. The van der Waals surface area contributed by atoms with Crippen molar-refractivity contribution in [2.24, 2.45) is 7.05 Å². The molecular formula is C19H17BrN4O3. The Morgan fingerprint density at radius 2 is 1.89 bits per heavy atom. The number of hydrogen-bond donors (Lipinski definition) is 2. The number of carbonyl (C=O) groups is 2.